The molecule has 1 N–H and O–H groups in total. The van der Waals surface area contributed by atoms with Gasteiger partial charge >= 0.3 is 0 Å². The Morgan fingerprint density at radius 2 is 1.85 bits per heavy atom. The van der Waals surface area contributed by atoms with Gasteiger partial charge in [-0.2, -0.15) is 0 Å². The predicted molar refractivity (Wildman–Crippen MR) is 74.0 cm³/mol. The van der Waals surface area contributed by atoms with Crippen LogP contribution < -0.4 is 5.32 Å². The number of nitrogens with one attached hydrogen (secondary N) is 1. The van der Waals surface area contributed by atoms with Crippen molar-refractivity contribution in [2.24, 2.45) is 0 Å². The van der Waals surface area contributed by atoms with Crippen LogP contribution in [0.3, 0.4) is 0 Å². The minimum Gasteiger partial charge on any atom is -0.329 e. The highest BCUT2D eigenvalue weighted by Gasteiger charge is 2.10. The first-order valence-electron chi connectivity index (χ1n) is 5.82. The van der Waals surface area contributed by atoms with E-state index < -0.39 is 11.6 Å². The quantitative estimate of drug-likeness (QED) is 0.736. The zero-order valence-electron chi connectivity index (χ0n) is 10.4. The Morgan fingerprint density at radius 3 is 2.65 bits per heavy atom. The monoisotopic (exact) mass is 294 g/mol. The average molecular weight is 294 g/mol. The van der Waals surface area contributed by atoms with E-state index in [9.17, 15) is 13.2 Å². The largest absolute Gasteiger partial charge is 0.329 e. The molecule has 0 unspecified atom stereocenters. The second-order valence-electron chi connectivity index (χ2n) is 4.34. The Bertz CT molecular complexity index is 798. The molecule has 6 heteroatoms. The molecule has 0 aliphatic rings. The second-order valence-corrected chi connectivity index (χ2v) is 5.37. The van der Waals surface area contributed by atoms with E-state index in [-0.39, 0.29) is 17.1 Å². The van der Waals surface area contributed by atoms with E-state index in [1.54, 1.807) is 6.07 Å². The Kier molecular flexibility index (Phi) is 3.10. The molecule has 0 spiro atoms. The van der Waals surface area contributed by atoms with E-state index in [1.165, 1.54) is 30.4 Å². The Balaban J connectivity index is 1.99. The summed E-state index contributed by atoms with van der Waals surface area (Å²) in [5, 5.41) is 3.10. The number of thiazole rings is 1. The first-order chi connectivity index (χ1) is 9.52. The highest BCUT2D eigenvalue weighted by atomic mass is 32.1. The van der Waals surface area contributed by atoms with E-state index in [0.717, 1.165) is 16.8 Å². The molecule has 0 saturated heterocycles. The van der Waals surface area contributed by atoms with Crippen molar-refractivity contribution in [2.45, 2.75) is 6.92 Å². The molecule has 1 heterocycles. The van der Waals surface area contributed by atoms with Crippen LogP contribution in [0.5, 0.6) is 0 Å². The third-order valence-corrected chi connectivity index (χ3v) is 3.79. The van der Waals surface area contributed by atoms with Gasteiger partial charge in [-0.15, -0.1) is 0 Å². The van der Waals surface area contributed by atoms with Crippen LogP contribution in [0.15, 0.2) is 30.3 Å². The van der Waals surface area contributed by atoms with Gasteiger partial charge in [0.25, 0.3) is 0 Å². The molecular weight excluding hydrogens is 285 g/mol. The van der Waals surface area contributed by atoms with E-state index in [4.69, 9.17) is 0 Å². The van der Waals surface area contributed by atoms with Crippen LogP contribution in [0, 0.1) is 24.4 Å². The van der Waals surface area contributed by atoms with Crippen molar-refractivity contribution in [3.63, 3.8) is 0 Å². The van der Waals surface area contributed by atoms with Crippen molar-refractivity contribution in [3.8, 4) is 0 Å². The van der Waals surface area contributed by atoms with Gasteiger partial charge in [0.15, 0.2) is 5.13 Å². The number of benzene rings is 2. The highest BCUT2D eigenvalue weighted by molar-refractivity contribution is 7.22. The van der Waals surface area contributed by atoms with Gasteiger partial charge < -0.3 is 5.32 Å². The van der Waals surface area contributed by atoms with E-state index in [1.807, 2.05) is 0 Å². The van der Waals surface area contributed by atoms with Crippen LogP contribution in [0.4, 0.5) is 24.0 Å². The van der Waals surface area contributed by atoms with E-state index >= 15 is 0 Å². The minimum atomic E-state index is -0.561. The van der Waals surface area contributed by atoms with Crippen molar-refractivity contribution < 1.29 is 13.2 Å². The molecule has 1 aromatic heterocycles. The molecule has 3 aromatic rings. The molecule has 2 nitrogen and oxygen atoms in total. The summed E-state index contributed by atoms with van der Waals surface area (Å²) in [5.74, 6) is -1.45. The van der Waals surface area contributed by atoms with Crippen molar-refractivity contribution in [3.05, 3.63) is 53.3 Å². The van der Waals surface area contributed by atoms with Gasteiger partial charge in [-0.1, -0.05) is 11.3 Å². The molecule has 0 aliphatic carbocycles. The Hall–Kier alpha value is -2.08. The summed E-state index contributed by atoms with van der Waals surface area (Å²) in [6, 6.07) is 6.42. The number of rotatable bonds is 2. The normalized spacial score (nSPS) is 11.0. The predicted octanol–water partition coefficient (Wildman–Crippen LogP) is 4.77. The number of fused-ring (bicyclic) bond motifs is 1. The lowest BCUT2D eigenvalue weighted by Gasteiger charge is -2.05. The molecule has 0 saturated carbocycles. The molecular formula is C14H9F3N2S. The molecule has 0 atom stereocenters. The van der Waals surface area contributed by atoms with Gasteiger partial charge in [0.2, 0.25) is 0 Å². The fraction of sp³-hybridized carbons (Fsp3) is 0.0714. The molecule has 0 bridgehead atoms. The number of hydrogen-bond acceptors (Lipinski definition) is 3. The van der Waals surface area contributed by atoms with Crippen LogP contribution in [-0.4, -0.2) is 4.98 Å². The SMILES string of the molecule is Cc1cc(F)c(Nc2nc3cc(F)ccc3s2)cc1F. The topological polar surface area (TPSA) is 24.9 Å². The van der Waals surface area contributed by atoms with Crippen LogP contribution in [0.2, 0.25) is 0 Å². The number of aryl methyl sites for hydroxylation is 1. The second kappa shape index (κ2) is 4.79. The number of halogens is 3. The molecule has 0 fully saturated rings. The Labute approximate surface area is 116 Å². The van der Waals surface area contributed by atoms with Crippen molar-refractivity contribution >= 4 is 32.4 Å². The smallest absolute Gasteiger partial charge is 0.188 e. The fourth-order valence-corrected chi connectivity index (χ4v) is 2.67. The molecule has 0 aliphatic heterocycles. The lowest BCUT2D eigenvalue weighted by Crippen LogP contribution is -1.96. The maximum atomic E-state index is 13.7. The van der Waals surface area contributed by atoms with Crippen molar-refractivity contribution in [1.29, 1.82) is 0 Å². The third kappa shape index (κ3) is 2.34. The zero-order chi connectivity index (χ0) is 14.3. The molecule has 3 rings (SSSR count). The molecule has 20 heavy (non-hydrogen) atoms. The highest BCUT2D eigenvalue weighted by Crippen LogP contribution is 2.30. The van der Waals surface area contributed by atoms with Gasteiger partial charge in [0.1, 0.15) is 17.5 Å². The maximum Gasteiger partial charge on any atom is 0.188 e. The maximum absolute atomic E-state index is 13.7. The van der Waals surface area contributed by atoms with Crippen LogP contribution >= 0.6 is 11.3 Å². The summed E-state index contributed by atoms with van der Waals surface area (Å²) in [7, 11) is 0. The Morgan fingerprint density at radius 1 is 1.05 bits per heavy atom. The first kappa shape index (κ1) is 12.9. The number of nitrogens with zero attached hydrogens (tertiary/aromatic N) is 1. The molecule has 2 aromatic carbocycles. The number of hydrogen-bond donors (Lipinski definition) is 1. The molecule has 0 amide bonds. The van der Waals surface area contributed by atoms with Gasteiger partial charge in [0.05, 0.1) is 15.9 Å². The van der Waals surface area contributed by atoms with Gasteiger partial charge in [-0.25, -0.2) is 18.2 Å². The van der Waals surface area contributed by atoms with E-state index in [2.05, 4.69) is 10.3 Å². The molecule has 0 radical (unpaired) electrons. The van der Waals surface area contributed by atoms with Crippen LogP contribution in [0.25, 0.3) is 10.2 Å². The van der Waals surface area contributed by atoms with Gasteiger partial charge in [-0.05, 0) is 30.7 Å². The first-order valence-corrected chi connectivity index (χ1v) is 6.63. The van der Waals surface area contributed by atoms with Crippen molar-refractivity contribution in [1.82, 2.24) is 4.98 Å². The lowest BCUT2D eigenvalue weighted by molar-refractivity contribution is 0.595. The summed E-state index contributed by atoms with van der Waals surface area (Å²) >= 11 is 1.24. The lowest BCUT2D eigenvalue weighted by atomic mass is 10.2. The summed E-state index contributed by atoms with van der Waals surface area (Å²) in [5.41, 5.74) is 0.720. The minimum absolute atomic E-state index is 0.00706. The van der Waals surface area contributed by atoms with Crippen molar-refractivity contribution in [2.75, 3.05) is 5.32 Å². The van der Waals surface area contributed by atoms with Crippen LogP contribution in [0.1, 0.15) is 5.56 Å². The summed E-state index contributed by atoms with van der Waals surface area (Å²) in [4.78, 5) is 4.14. The fourth-order valence-electron chi connectivity index (χ4n) is 1.81. The molecule has 102 valence electrons. The summed E-state index contributed by atoms with van der Waals surface area (Å²) < 4.78 is 41.0. The van der Waals surface area contributed by atoms with Crippen LogP contribution in [-0.2, 0) is 0 Å². The van der Waals surface area contributed by atoms with Gasteiger partial charge in [-0.3, -0.25) is 0 Å². The number of aromatic nitrogens is 1. The average Bonchev–Trinajstić information content (AvgIpc) is 2.77. The zero-order valence-corrected chi connectivity index (χ0v) is 11.2. The summed E-state index contributed by atoms with van der Waals surface area (Å²) in [6.45, 7) is 1.49. The van der Waals surface area contributed by atoms with E-state index in [0.29, 0.717) is 10.6 Å². The standard InChI is InChI=1S/C14H9F3N2S/c1-7-4-10(17)11(6-9(7)16)18-14-19-12-5-8(15)2-3-13(12)20-14/h2-6H,1H3,(H,18,19). The summed E-state index contributed by atoms with van der Waals surface area (Å²) in [6.07, 6.45) is 0. The third-order valence-electron chi connectivity index (χ3n) is 2.84. The van der Waals surface area contributed by atoms with Gasteiger partial charge in [0, 0.05) is 12.1 Å². The number of anilines is 2.